The Labute approximate surface area is 122 Å². The van der Waals surface area contributed by atoms with Crippen molar-refractivity contribution in [3.05, 3.63) is 48.3 Å². The molecule has 1 aliphatic heterocycles. The van der Waals surface area contributed by atoms with Crippen molar-refractivity contribution >= 4 is 11.8 Å². The van der Waals surface area contributed by atoms with E-state index >= 15 is 0 Å². The summed E-state index contributed by atoms with van der Waals surface area (Å²) < 4.78 is 1.79. The SMILES string of the molecule is O=C1CCC(NCc2cnn(-c3ccccc3)c2)C(=O)N1. The van der Waals surface area contributed by atoms with Gasteiger partial charge in [0.25, 0.3) is 0 Å². The van der Waals surface area contributed by atoms with Crippen LogP contribution >= 0.6 is 0 Å². The first-order chi connectivity index (χ1) is 10.2. The second-order valence-corrected chi connectivity index (χ2v) is 5.01. The number of carbonyl (C=O) groups is 2. The zero-order valence-electron chi connectivity index (χ0n) is 11.5. The van der Waals surface area contributed by atoms with Crippen LogP contribution in [-0.2, 0) is 16.1 Å². The summed E-state index contributed by atoms with van der Waals surface area (Å²) in [5, 5.41) is 9.79. The maximum absolute atomic E-state index is 11.6. The van der Waals surface area contributed by atoms with E-state index in [2.05, 4.69) is 15.7 Å². The summed E-state index contributed by atoms with van der Waals surface area (Å²) in [6, 6.07) is 9.51. The Morgan fingerprint density at radius 2 is 2.10 bits per heavy atom. The molecule has 0 radical (unpaired) electrons. The van der Waals surface area contributed by atoms with Gasteiger partial charge in [0.15, 0.2) is 0 Å². The summed E-state index contributed by atoms with van der Waals surface area (Å²) in [5.41, 5.74) is 1.98. The molecule has 0 spiro atoms. The number of imide groups is 1. The average Bonchev–Trinajstić information content (AvgIpc) is 2.96. The molecule has 1 aliphatic rings. The van der Waals surface area contributed by atoms with Gasteiger partial charge < -0.3 is 5.32 Å². The smallest absolute Gasteiger partial charge is 0.243 e. The van der Waals surface area contributed by atoms with Crippen LogP contribution in [0.2, 0.25) is 0 Å². The number of aromatic nitrogens is 2. The van der Waals surface area contributed by atoms with Crippen molar-refractivity contribution in [1.29, 1.82) is 0 Å². The van der Waals surface area contributed by atoms with Crippen LogP contribution in [0.1, 0.15) is 18.4 Å². The average molecular weight is 284 g/mol. The van der Waals surface area contributed by atoms with E-state index in [9.17, 15) is 9.59 Å². The summed E-state index contributed by atoms with van der Waals surface area (Å²) in [6.45, 7) is 0.541. The van der Waals surface area contributed by atoms with Crippen molar-refractivity contribution in [1.82, 2.24) is 20.4 Å². The highest BCUT2D eigenvalue weighted by Gasteiger charge is 2.25. The molecule has 0 bridgehead atoms. The van der Waals surface area contributed by atoms with Gasteiger partial charge in [0.2, 0.25) is 11.8 Å². The van der Waals surface area contributed by atoms with Crippen molar-refractivity contribution in [3.8, 4) is 5.69 Å². The fourth-order valence-electron chi connectivity index (χ4n) is 2.30. The second-order valence-electron chi connectivity index (χ2n) is 5.01. The molecule has 2 N–H and O–H groups in total. The lowest BCUT2D eigenvalue weighted by atomic mass is 10.1. The second kappa shape index (κ2) is 5.88. The van der Waals surface area contributed by atoms with E-state index in [1.807, 2.05) is 36.5 Å². The predicted octanol–water partition coefficient (Wildman–Crippen LogP) is 0.767. The quantitative estimate of drug-likeness (QED) is 0.813. The number of rotatable bonds is 4. The number of nitrogens with one attached hydrogen (secondary N) is 2. The van der Waals surface area contributed by atoms with Gasteiger partial charge in [-0.2, -0.15) is 5.10 Å². The molecule has 6 nitrogen and oxygen atoms in total. The van der Waals surface area contributed by atoms with E-state index in [-0.39, 0.29) is 17.9 Å². The summed E-state index contributed by atoms with van der Waals surface area (Å²) in [4.78, 5) is 22.7. The normalized spacial score (nSPS) is 18.6. The van der Waals surface area contributed by atoms with E-state index in [4.69, 9.17) is 0 Å². The molecule has 2 heterocycles. The van der Waals surface area contributed by atoms with Crippen LogP contribution in [-0.4, -0.2) is 27.6 Å². The highest BCUT2D eigenvalue weighted by atomic mass is 16.2. The lowest BCUT2D eigenvalue weighted by Gasteiger charge is -2.21. The van der Waals surface area contributed by atoms with E-state index in [1.165, 1.54) is 0 Å². The molecule has 1 saturated heterocycles. The number of hydrogen-bond acceptors (Lipinski definition) is 4. The topological polar surface area (TPSA) is 76.0 Å². The Morgan fingerprint density at radius 3 is 2.86 bits per heavy atom. The number of para-hydroxylation sites is 1. The van der Waals surface area contributed by atoms with Crippen molar-refractivity contribution in [3.63, 3.8) is 0 Å². The molecule has 1 unspecified atom stereocenters. The molecule has 2 aromatic rings. The lowest BCUT2D eigenvalue weighted by molar-refractivity contribution is -0.134. The Morgan fingerprint density at radius 1 is 1.29 bits per heavy atom. The molecule has 21 heavy (non-hydrogen) atoms. The highest BCUT2D eigenvalue weighted by Crippen LogP contribution is 2.09. The van der Waals surface area contributed by atoms with Crippen LogP contribution < -0.4 is 10.6 Å². The van der Waals surface area contributed by atoms with Gasteiger partial charge >= 0.3 is 0 Å². The van der Waals surface area contributed by atoms with Crippen LogP contribution in [0.5, 0.6) is 0 Å². The molecule has 0 aliphatic carbocycles. The first-order valence-corrected chi connectivity index (χ1v) is 6.88. The fourth-order valence-corrected chi connectivity index (χ4v) is 2.30. The van der Waals surface area contributed by atoms with Gasteiger partial charge in [-0.25, -0.2) is 4.68 Å². The molecule has 6 heteroatoms. The van der Waals surface area contributed by atoms with Gasteiger partial charge in [-0.1, -0.05) is 18.2 Å². The Balaban J connectivity index is 1.60. The van der Waals surface area contributed by atoms with Crippen LogP contribution in [0, 0.1) is 0 Å². The van der Waals surface area contributed by atoms with Crippen molar-refractivity contribution < 1.29 is 9.59 Å². The van der Waals surface area contributed by atoms with Crippen molar-refractivity contribution in [2.24, 2.45) is 0 Å². The summed E-state index contributed by atoms with van der Waals surface area (Å²) in [6.07, 6.45) is 4.62. The fraction of sp³-hybridized carbons (Fsp3) is 0.267. The van der Waals surface area contributed by atoms with Crippen LogP contribution in [0.15, 0.2) is 42.7 Å². The molecular formula is C15H16N4O2. The Kier molecular flexibility index (Phi) is 3.79. The summed E-state index contributed by atoms with van der Waals surface area (Å²) in [7, 11) is 0. The lowest BCUT2D eigenvalue weighted by Crippen LogP contribution is -2.50. The number of hydrogen-bond donors (Lipinski definition) is 2. The van der Waals surface area contributed by atoms with E-state index in [0.29, 0.717) is 19.4 Å². The molecule has 2 amide bonds. The maximum Gasteiger partial charge on any atom is 0.243 e. The monoisotopic (exact) mass is 284 g/mol. The molecular weight excluding hydrogens is 268 g/mol. The first kappa shape index (κ1) is 13.5. The van der Waals surface area contributed by atoms with Gasteiger partial charge in [-0.05, 0) is 18.6 Å². The van der Waals surface area contributed by atoms with Gasteiger partial charge in [0, 0.05) is 24.7 Å². The largest absolute Gasteiger partial charge is 0.302 e. The molecule has 3 rings (SSSR count). The molecule has 1 aromatic carbocycles. The Hall–Kier alpha value is -2.47. The predicted molar refractivity (Wildman–Crippen MR) is 76.6 cm³/mol. The zero-order chi connectivity index (χ0) is 14.7. The van der Waals surface area contributed by atoms with Gasteiger partial charge in [0.05, 0.1) is 17.9 Å². The van der Waals surface area contributed by atoms with E-state index in [0.717, 1.165) is 11.3 Å². The summed E-state index contributed by atoms with van der Waals surface area (Å²) in [5.74, 6) is -0.448. The van der Waals surface area contributed by atoms with E-state index < -0.39 is 0 Å². The van der Waals surface area contributed by atoms with Crippen LogP contribution in [0.25, 0.3) is 5.69 Å². The molecule has 1 fully saturated rings. The van der Waals surface area contributed by atoms with Crippen molar-refractivity contribution in [2.45, 2.75) is 25.4 Å². The zero-order valence-corrected chi connectivity index (χ0v) is 11.5. The molecule has 1 atom stereocenters. The third-order valence-electron chi connectivity index (χ3n) is 3.45. The third-order valence-corrected chi connectivity index (χ3v) is 3.45. The van der Waals surface area contributed by atoms with Crippen LogP contribution in [0.3, 0.4) is 0 Å². The molecule has 108 valence electrons. The molecule has 0 saturated carbocycles. The minimum atomic E-state index is -0.317. The summed E-state index contributed by atoms with van der Waals surface area (Å²) >= 11 is 0. The minimum Gasteiger partial charge on any atom is -0.302 e. The van der Waals surface area contributed by atoms with Crippen molar-refractivity contribution in [2.75, 3.05) is 0 Å². The number of amides is 2. The van der Waals surface area contributed by atoms with Gasteiger partial charge in [-0.15, -0.1) is 0 Å². The van der Waals surface area contributed by atoms with Gasteiger partial charge in [0.1, 0.15) is 0 Å². The maximum atomic E-state index is 11.6. The molecule has 1 aromatic heterocycles. The third kappa shape index (κ3) is 3.17. The minimum absolute atomic E-state index is 0.199. The number of benzene rings is 1. The number of carbonyl (C=O) groups excluding carboxylic acids is 2. The van der Waals surface area contributed by atoms with E-state index in [1.54, 1.807) is 10.9 Å². The van der Waals surface area contributed by atoms with Crippen LogP contribution in [0.4, 0.5) is 0 Å². The first-order valence-electron chi connectivity index (χ1n) is 6.88. The number of piperidine rings is 1. The van der Waals surface area contributed by atoms with Gasteiger partial charge in [-0.3, -0.25) is 14.9 Å². The standard InChI is InChI=1S/C15H16N4O2/c20-14-7-6-13(15(21)18-14)16-8-11-9-17-19(10-11)12-4-2-1-3-5-12/h1-5,9-10,13,16H,6-8H2,(H,18,20,21). The number of nitrogens with zero attached hydrogens (tertiary/aromatic N) is 2. The Bertz CT molecular complexity index is 651. The highest BCUT2D eigenvalue weighted by molar-refractivity contribution is 6.00.